The van der Waals surface area contributed by atoms with Crippen LogP contribution in [0.3, 0.4) is 0 Å². The number of benzene rings is 1. The maximum absolute atomic E-state index is 12.8. The van der Waals surface area contributed by atoms with Gasteiger partial charge >= 0.3 is 5.97 Å². The molecule has 65 valence electrons. The summed E-state index contributed by atoms with van der Waals surface area (Å²) in [5.41, 5.74) is 0.858. The monoisotopic (exact) mass is 177 g/mol. The van der Waals surface area contributed by atoms with Crippen LogP contribution in [-0.2, 0) is 4.74 Å². The summed E-state index contributed by atoms with van der Waals surface area (Å²) in [6, 6.07) is 3.90. The van der Waals surface area contributed by atoms with Gasteiger partial charge in [-0.25, -0.2) is 9.18 Å². The van der Waals surface area contributed by atoms with E-state index in [9.17, 15) is 9.18 Å². The van der Waals surface area contributed by atoms with E-state index in [0.29, 0.717) is 16.9 Å². The van der Waals surface area contributed by atoms with E-state index in [4.69, 9.17) is 4.74 Å². The molecule has 0 unspecified atom stereocenters. The highest BCUT2D eigenvalue weighted by atomic mass is 19.1. The molecular weight excluding hydrogens is 171 g/mol. The third-order valence-electron chi connectivity index (χ3n) is 1.86. The zero-order chi connectivity index (χ0) is 9.42. The maximum atomic E-state index is 12.8. The first-order chi connectivity index (χ1) is 6.22. The van der Waals surface area contributed by atoms with Gasteiger partial charge in [-0.2, -0.15) is 0 Å². The number of rotatable bonds is 0. The van der Waals surface area contributed by atoms with Gasteiger partial charge in [0, 0.05) is 5.56 Å². The molecule has 3 heteroatoms. The molecule has 2 rings (SSSR count). The average molecular weight is 177 g/mol. The maximum Gasteiger partial charge on any atom is 0.344 e. The molecule has 0 bridgehead atoms. The Hall–Kier alpha value is -1.64. The van der Waals surface area contributed by atoms with Gasteiger partial charge in [0.1, 0.15) is 11.6 Å². The van der Waals surface area contributed by atoms with Crippen molar-refractivity contribution in [1.82, 2.24) is 0 Å². The summed E-state index contributed by atoms with van der Waals surface area (Å²) in [5.74, 6) is -0.527. The fourth-order valence-corrected chi connectivity index (χ4v) is 1.26. The molecule has 0 aliphatic carbocycles. The molecule has 0 spiro atoms. The van der Waals surface area contributed by atoms with Gasteiger partial charge in [-0.15, -0.1) is 0 Å². The molecule has 0 N–H and O–H groups in total. The van der Waals surface area contributed by atoms with Crippen molar-refractivity contribution in [2.75, 3.05) is 0 Å². The molecule has 0 fully saturated rings. The lowest BCUT2D eigenvalue weighted by Gasteiger charge is -1.95. The van der Waals surface area contributed by atoms with Crippen LogP contribution in [0.2, 0.25) is 0 Å². The summed E-state index contributed by atoms with van der Waals surface area (Å²) in [6.45, 7) is 3.47. The minimum absolute atomic E-state index is 0.319. The zero-order valence-corrected chi connectivity index (χ0v) is 6.71. The van der Waals surface area contributed by atoms with Crippen LogP contribution in [0.1, 0.15) is 15.9 Å². The number of carbonyl (C=O) groups excluding carboxylic acids is 1. The van der Waals surface area contributed by atoms with Crippen molar-refractivity contribution in [2.24, 2.45) is 0 Å². The Morgan fingerprint density at radius 1 is 1.38 bits per heavy atom. The van der Waals surface area contributed by atoms with Crippen molar-refractivity contribution in [2.45, 2.75) is 0 Å². The van der Waals surface area contributed by atoms with Crippen molar-refractivity contribution in [3.63, 3.8) is 0 Å². The van der Waals surface area contributed by atoms with E-state index in [1.807, 2.05) is 0 Å². The van der Waals surface area contributed by atoms with Crippen LogP contribution < -0.4 is 0 Å². The molecule has 0 saturated carbocycles. The predicted molar refractivity (Wildman–Crippen MR) is 45.1 cm³/mol. The molecule has 1 radical (unpaired) electrons. The van der Waals surface area contributed by atoms with Crippen LogP contribution in [0.15, 0.2) is 24.3 Å². The van der Waals surface area contributed by atoms with Gasteiger partial charge in [-0.05, 0) is 31.2 Å². The SMILES string of the molecule is [CH2]C=C1OC(=O)c2ccc(F)cc21. The highest BCUT2D eigenvalue weighted by Gasteiger charge is 2.25. The number of carbonyl (C=O) groups is 1. The number of ether oxygens (including phenoxy) is 1. The summed E-state index contributed by atoms with van der Waals surface area (Å²) in [5, 5.41) is 0. The molecule has 1 aliphatic heterocycles. The Morgan fingerprint density at radius 3 is 2.85 bits per heavy atom. The van der Waals surface area contributed by atoms with Crippen LogP contribution in [-0.4, -0.2) is 5.97 Å². The van der Waals surface area contributed by atoms with Crippen LogP contribution >= 0.6 is 0 Å². The lowest BCUT2D eigenvalue weighted by Crippen LogP contribution is -1.92. The van der Waals surface area contributed by atoms with Gasteiger partial charge in [-0.3, -0.25) is 0 Å². The first-order valence-corrected chi connectivity index (χ1v) is 3.74. The zero-order valence-electron chi connectivity index (χ0n) is 6.71. The van der Waals surface area contributed by atoms with Crippen LogP contribution in [0.5, 0.6) is 0 Å². The molecule has 0 saturated heterocycles. The summed E-state index contributed by atoms with van der Waals surface area (Å²) in [7, 11) is 0. The minimum atomic E-state index is -0.454. The van der Waals surface area contributed by atoms with Gasteiger partial charge in [0.15, 0.2) is 0 Å². The number of esters is 1. The van der Waals surface area contributed by atoms with Gasteiger partial charge in [-0.1, -0.05) is 0 Å². The fraction of sp³-hybridized carbons (Fsp3) is 0. The second-order valence-corrected chi connectivity index (χ2v) is 2.65. The summed E-state index contributed by atoms with van der Waals surface area (Å²) < 4.78 is 17.6. The standard InChI is InChI=1S/C10H6FO2/c1-2-9-8-5-6(11)3-4-7(8)10(12)13-9/h2-5H,1H2. The number of allylic oxidation sites excluding steroid dienone is 1. The van der Waals surface area contributed by atoms with E-state index in [1.165, 1.54) is 24.3 Å². The molecule has 1 aliphatic rings. The molecule has 0 amide bonds. The fourth-order valence-electron chi connectivity index (χ4n) is 1.26. The molecule has 0 aromatic heterocycles. The second-order valence-electron chi connectivity index (χ2n) is 2.65. The highest BCUT2D eigenvalue weighted by molar-refractivity contribution is 6.02. The molecule has 1 heterocycles. The van der Waals surface area contributed by atoms with Gasteiger partial charge < -0.3 is 4.74 Å². The smallest absolute Gasteiger partial charge is 0.344 e. The Balaban J connectivity index is 2.66. The summed E-state index contributed by atoms with van der Waals surface area (Å²) in [6.07, 6.45) is 1.39. The lowest BCUT2D eigenvalue weighted by atomic mass is 10.1. The third kappa shape index (κ3) is 1.13. The molecule has 1 aromatic carbocycles. The van der Waals surface area contributed by atoms with Crippen molar-refractivity contribution in [1.29, 1.82) is 0 Å². The van der Waals surface area contributed by atoms with Crippen molar-refractivity contribution in [3.05, 3.63) is 48.1 Å². The number of hydrogen-bond acceptors (Lipinski definition) is 2. The van der Waals surface area contributed by atoms with E-state index < -0.39 is 11.8 Å². The van der Waals surface area contributed by atoms with Crippen LogP contribution in [0, 0.1) is 12.7 Å². The second kappa shape index (κ2) is 2.69. The van der Waals surface area contributed by atoms with Gasteiger partial charge in [0.05, 0.1) is 5.56 Å². The van der Waals surface area contributed by atoms with E-state index in [0.717, 1.165) is 0 Å². The van der Waals surface area contributed by atoms with Crippen molar-refractivity contribution >= 4 is 11.7 Å². The van der Waals surface area contributed by atoms with E-state index in [-0.39, 0.29) is 0 Å². The number of cyclic esters (lactones) is 1. The minimum Gasteiger partial charge on any atom is -0.423 e. The lowest BCUT2D eigenvalue weighted by molar-refractivity contribution is 0.0716. The first-order valence-electron chi connectivity index (χ1n) is 3.74. The molecule has 2 nitrogen and oxygen atoms in total. The molecule has 13 heavy (non-hydrogen) atoms. The summed E-state index contributed by atoms with van der Waals surface area (Å²) in [4.78, 5) is 11.1. The number of hydrogen-bond donors (Lipinski definition) is 0. The van der Waals surface area contributed by atoms with Crippen molar-refractivity contribution < 1.29 is 13.9 Å². The van der Waals surface area contributed by atoms with Crippen molar-refractivity contribution in [3.8, 4) is 0 Å². The van der Waals surface area contributed by atoms with E-state index in [1.54, 1.807) is 0 Å². The topological polar surface area (TPSA) is 26.3 Å². The Kier molecular flexibility index (Phi) is 1.65. The number of halogens is 1. The largest absolute Gasteiger partial charge is 0.423 e. The van der Waals surface area contributed by atoms with Crippen LogP contribution in [0.4, 0.5) is 4.39 Å². The Bertz CT molecular complexity index is 407. The van der Waals surface area contributed by atoms with E-state index >= 15 is 0 Å². The first kappa shape index (κ1) is 7.98. The molecule has 1 aromatic rings. The molecule has 0 atom stereocenters. The van der Waals surface area contributed by atoms with E-state index in [2.05, 4.69) is 6.92 Å². The molecular formula is C10H6FO2. The predicted octanol–water partition coefficient (Wildman–Crippen LogP) is 2.17. The van der Waals surface area contributed by atoms with Gasteiger partial charge in [0.2, 0.25) is 0 Å². The third-order valence-corrected chi connectivity index (χ3v) is 1.86. The van der Waals surface area contributed by atoms with Crippen LogP contribution in [0.25, 0.3) is 5.76 Å². The quantitative estimate of drug-likeness (QED) is 0.567. The summed E-state index contributed by atoms with van der Waals surface area (Å²) >= 11 is 0. The highest BCUT2D eigenvalue weighted by Crippen LogP contribution is 2.29. The van der Waals surface area contributed by atoms with Gasteiger partial charge in [0.25, 0.3) is 0 Å². The Labute approximate surface area is 74.6 Å². The average Bonchev–Trinajstić information content (AvgIpc) is 2.42. The Morgan fingerprint density at radius 2 is 2.15 bits per heavy atom. The normalized spacial score (nSPS) is 17.4. The number of fused-ring (bicyclic) bond motifs is 1.